The van der Waals surface area contributed by atoms with Crippen LogP contribution in [0.3, 0.4) is 0 Å². The first kappa shape index (κ1) is 18.2. The number of fused-ring (bicyclic) bond motifs is 3. The zero-order chi connectivity index (χ0) is 20.5. The van der Waals surface area contributed by atoms with Crippen molar-refractivity contribution >= 4 is 27.8 Å². The second-order valence-electron chi connectivity index (χ2n) is 7.33. The van der Waals surface area contributed by atoms with Gasteiger partial charge in [-0.2, -0.15) is 0 Å². The van der Waals surface area contributed by atoms with E-state index in [1.165, 1.54) is 23.6 Å². The summed E-state index contributed by atoms with van der Waals surface area (Å²) in [6.45, 7) is 0. The minimum Gasteiger partial charge on any atom is -0.465 e. The van der Waals surface area contributed by atoms with Crippen molar-refractivity contribution < 1.29 is 9.53 Å². The topological polar surface area (TPSA) is 31.2 Å². The number of esters is 1. The van der Waals surface area contributed by atoms with Gasteiger partial charge >= 0.3 is 5.97 Å². The average Bonchev–Trinajstić information content (AvgIpc) is 3.14. The minimum absolute atomic E-state index is 0.0253. The summed E-state index contributed by atoms with van der Waals surface area (Å²) in [5, 5.41) is 2.29. The Morgan fingerprint density at radius 2 is 1.27 bits per heavy atom. The number of hydrogen-bond acceptors (Lipinski definition) is 2. The summed E-state index contributed by atoms with van der Waals surface area (Å²) in [4.78, 5) is 12.3. The van der Waals surface area contributed by atoms with Crippen molar-refractivity contribution in [2.75, 3.05) is 7.11 Å². The highest BCUT2D eigenvalue weighted by Gasteiger charge is 2.22. The molecule has 30 heavy (non-hydrogen) atoms. The molecule has 0 aliphatic rings. The molecule has 0 aliphatic carbocycles. The number of rotatable bonds is 4. The maximum absolute atomic E-state index is 12.3. The van der Waals surface area contributed by atoms with E-state index in [1.807, 2.05) is 30.3 Å². The van der Waals surface area contributed by atoms with Crippen LogP contribution >= 0.6 is 0 Å². The molecule has 0 radical (unpaired) electrons. The van der Waals surface area contributed by atoms with Gasteiger partial charge < -0.3 is 9.30 Å². The van der Waals surface area contributed by atoms with Crippen molar-refractivity contribution in [3.63, 3.8) is 0 Å². The number of benzene rings is 4. The molecule has 1 heterocycles. The van der Waals surface area contributed by atoms with Crippen LogP contribution in [-0.2, 0) is 4.74 Å². The van der Waals surface area contributed by atoms with E-state index < -0.39 is 0 Å². The van der Waals surface area contributed by atoms with Gasteiger partial charge in [-0.3, -0.25) is 0 Å². The lowest BCUT2D eigenvalue weighted by Gasteiger charge is -2.23. The summed E-state index contributed by atoms with van der Waals surface area (Å²) in [7, 11) is 1.42. The summed E-state index contributed by atoms with van der Waals surface area (Å²) < 4.78 is 7.32. The number of carbonyl (C=O) groups excluding carboxylic acids is 1. The fourth-order valence-corrected chi connectivity index (χ4v) is 4.28. The Bertz CT molecular complexity index is 1300. The zero-order valence-electron chi connectivity index (χ0n) is 16.7. The van der Waals surface area contributed by atoms with Gasteiger partial charge in [0.1, 0.15) is 0 Å². The standard InChI is InChI=1S/C27H21NO2/c1-30-27(29)21-16-17-23-22-14-8-9-15-24(22)28(25(23)18-21)26(19-10-4-2-5-11-19)20-12-6-3-7-13-20/h2-18,26H,1H3. The summed E-state index contributed by atoms with van der Waals surface area (Å²) in [6.07, 6.45) is 0. The third kappa shape index (κ3) is 2.96. The Balaban J connectivity index is 1.89. The van der Waals surface area contributed by atoms with E-state index in [1.54, 1.807) is 0 Å². The highest BCUT2D eigenvalue weighted by atomic mass is 16.5. The molecule has 0 atom stereocenters. The van der Waals surface area contributed by atoms with Crippen LogP contribution in [0.15, 0.2) is 103 Å². The second kappa shape index (κ2) is 7.53. The van der Waals surface area contributed by atoms with Gasteiger partial charge in [0.2, 0.25) is 0 Å². The fourth-order valence-electron chi connectivity index (χ4n) is 4.28. The van der Waals surface area contributed by atoms with Crippen LogP contribution in [0.4, 0.5) is 0 Å². The van der Waals surface area contributed by atoms with Crippen molar-refractivity contribution in [2.24, 2.45) is 0 Å². The average molecular weight is 391 g/mol. The Kier molecular flexibility index (Phi) is 4.56. The third-order valence-corrected chi connectivity index (χ3v) is 5.62. The van der Waals surface area contributed by atoms with Gasteiger partial charge in [0.05, 0.1) is 24.2 Å². The molecule has 3 nitrogen and oxygen atoms in total. The predicted octanol–water partition coefficient (Wildman–Crippen LogP) is 6.22. The minimum atomic E-state index is -0.329. The van der Waals surface area contributed by atoms with Gasteiger partial charge in [-0.1, -0.05) is 84.9 Å². The summed E-state index contributed by atoms with van der Waals surface area (Å²) in [6, 6.07) is 35.1. The summed E-state index contributed by atoms with van der Waals surface area (Å²) in [5.41, 5.74) is 5.07. The van der Waals surface area contributed by atoms with Crippen LogP contribution in [0.1, 0.15) is 27.5 Å². The molecule has 0 aliphatic heterocycles. The molecule has 5 rings (SSSR count). The number of hydrogen-bond donors (Lipinski definition) is 0. The van der Waals surface area contributed by atoms with E-state index in [-0.39, 0.29) is 12.0 Å². The molecule has 0 saturated heterocycles. The van der Waals surface area contributed by atoms with Crippen molar-refractivity contribution in [1.82, 2.24) is 4.57 Å². The van der Waals surface area contributed by atoms with E-state index in [0.717, 1.165) is 16.4 Å². The number of ether oxygens (including phenoxy) is 1. The smallest absolute Gasteiger partial charge is 0.337 e. The molecule has 5 aromatic rings. The first-order chi connectivity index (χ1) is 14.8. The van der Waals surface area contributed by atoms with E-state index in [9.17, 15) is 4.79 Å². The molecular formula is C27H21NO2. The predicted molar refractivity (Wildman–Crippen MR) is 121 cm³/mol. The number of nitrogens with zero attached hydrogens (tertiary/aromatic N) is 1. The van der Waals surface area contributed by atoms with Crippen LogP contribution in [-0.4, -0.2) is 17.6 Å². The molecule has 0 spiro atoms. The SMILES string of the molecule is COC(=O)c1ccc2c3ccccc3n(C(c3ccccc3)c3ccccc3)c2c1. The van der Waals surface area contributed by atoms with Gasteiger partial charge in [-0.25, -0.2) is 4.79 Å². The number of para-hydroxylation sites is 1. The molecule has 4 aromatic carbocycles. The third-order valence-electron chi connectivity index (χ3n) is 5.62. The largest absolute Gasteiger partial charge is 0.465 e. The van der Waals surface area contributed by atoms with E-state index >= 15 is 0 Å². The first-order valence-electron chi connectivity index (χ1n) is 9.99. The lowest BCUT2D eigenvalue weighted by atomic mass is 9.98. The first-order valence-corrected chi connectivity index (χ1v) is 9.99. The number of aromatic nitrogens is 1. The Morgan fingerprint density at radius 3 is 1.90 bits per heavy atom. The van der Waals surface area contributed by atoms with Crippen LogP contribution < -0.4 is 0 Å². The van der Waals surface area contributed by atoms with Gasteiger partial charge in [-0.05, 0) is 29.3 Å². The van der Waals surface area contributed by atoms with E-state index in [4.69, 9.17) is 4.74 Å². The molecule has 146 valence electrons. The maximum Gasteiger partial charge on any atom is 0.337 e. The normalized spacial score (nSPS) is 11.3. The van der Waals surface area contributed by atoms with Crippen LogP contribution in [0.2, 0.25) is 0 Å². The lowest BCUT2D eigenvalue weighted by Crippen LogP contribution is -2.12. The Hall–Kier alpha value is -3.85. The zero-order valence-corrected chi connectivity index (χ0v) is 16.7. The second-order valence-corrected chi connectivity index (χ2v) is 7.33. The molecular weight excluding hydrogens is 370 g/mol. The maximum atomic E-state index is 12.3. The molecule has 0 unspecified atom stereocenters. The Morgan fingerprint density at radius 1 is 0.700 bits per heavy atom. The van der Waals surface area contributed by atoms with Crippen molar-refractivity contribution in [3.05, 3.63) is 120 Å². The summed E-state index contributed by atoms with van der Waals surface area (Å²) in [5.74, 6) is -0.329. The van der Waals surface area contributed by atoms with E-state index in [2.05, 4.69) is 77.4 Å². The van der Waals surface area contributed by atoms with Crippen molar-refractivity contribution in [1.29, 1.82) is 0 Å². The monoisotopic (exact) mass is 391 g/mol. The van der Waals surface area contributed by atoms with Crippen LogP contribution in [0.5, 0.6) is 0 Å². The molecule has 0 N–H and O–H groups in total. The quantitative estimate of drug-likeness (QED) is 0.341. The summed E-state index contributed by atoms with van der Waals surface area (Å²) >= 11 is 0. The lowest BCUT2D eigenvalue weighted by molar-refractivity contribution is 0.0601. The molecule has 0 fully saturated rings. The molecule has 0 amide bonds. The molecule has 3 heteroatoms. The van der Waals surface area contributed by atoms with Crippen molar-refractivity contribution in [3.8, 4) is 0 Å². The molecule has 0 bridgehead atoms. The van der Waals surface area contributed by atoms with Crippen molar-refractivity contribution in [2.45, 2.75) is 6.04 Å². The highest BCUT2D eigenvalue weighted by Crippen LogP contribution is 2.37. The van der Waals surface area contributed by atoms with Gasteiger partial charge in [0, 0.05) is 16.3 Å². The van der Waals surface area contributed by atoms with Crippen LogP contribution in [0.25, 0.3) is 21.8 Å². The fraction of sp³-hybridized carbons (Fsp3) is 0.0741. The molecule has 1 aromatic heterocycles. The number of carbonyl (C=O) groups is 1. The van der Waals surface area contributed by atoms with Gasteiger partial charge in [0.15, 0.2) is 0 Å². The van der Waals surface area contributed by atoms with Gasteiger partial charge in [0.25, 0.3) is 0 Å². The highest BCUT2D eigenvalue weighted by molar-refractivity contribution is 6.10. The van der Waals surface area contributed by atoms with Gasteiger partial charge in [-0.15, -0.1) is 0 Å². The van der Waals surface area contributed by atoms with Crippen LogP contribution in [0, 0.1) is 0 Å². The number of methoxy groups -OCH3 is 1. The van der Waals surface area contributed by atoms with E-state index in [0.29, 0.717) is 5.56 Å². The molecule has 0 saturated carbocycles. The Labute approximate surface area is 175 Å².